The molecule has 1 atom stereocenters. The molecule has 0 bridgehead atoms. The molecule has 6 nitrogen and oxygen atoms in total. The van der Waals surface area contributed by atoms with Crippen LogP contribution >= 0.6 is 0 Å². The molecule has 1 saturated heterocycles. The van der Waals surface area contributed by atoms with Crippen molar-refractivity contribution in [1.29, 1.82) is 0 Å². The number of hydrogen-bond donors (Lipinski definition) is 3. The predicted molar refractivity (Wildman–Crippen MR) is 72.2 cm³/mol. The van der Waals surface area contributed by atoms with Crippen LogP contribution < -0.4 is 16.8 Å². The molecule has 2 fully saturated rings. The first kappa shape index (κ1) is 14.1. The van der Waals surface area contributed by atoms with Crippen molar-refractivity contribution in [2.24, 2.45) is 22.8 Å². The minimum atomic E-state index is -0.499. The second-order valence-corrected chi connectivity index (χ2v) is 5.84. The van der Waals surface area contributed by atoms with E-state index in [1.54, 1.807) is 0 Å². The van der Waals surface area contributed by atoms with Gasteiger partial charge in [0, 0.05) is 26.2 Å². The molecule has 1 unspecified atom stereocenters. The van der Waals surface area contributed by atoms with E-state index in [0.717, 1.165) is 38.6 Å². The number of hydrogen-bond acceptors (Lipinski definition) is 3. The summed E-state index contributed by atoms with van der Waals surface area (Å²) >= 11 is 0. The summed E-state index contributed by atoms with van der Waals surface area (Å²) in [5, 5.41) is 2.63. The number of carbonyl (C=O) groups is 2. The number of nitrogens with two attached hydrogens (primary N) is 2. The van der Waals surface area contributed by atoms with Gasteiger partial charge in [0.05, 0.1) is 5.41 Å². The summed E-state index contributed by atoms with van der Waals surface area (Å²) in [4.78, 5) is 25.2. The smallest absolute Gasteiger partial charge is 0.312 e. The number of likely N-dealkylation sites (tertiary alicyclic amines) is 1. The van der Waals surface area contributed by atoms with E-state index in [2.05, 4.69) is 5.32 Å². The van der Waals surface area contributed by atoms with Gasteiger partial charge in [-0.1, -0.05) is 6.42 Å². The van der Waals surface area contributed by atoms with Gasteiger partial charge < -0.3 is 21.7 Å². The molecule has 0 aromatic heterocycles. The zero-order chi connectivity index (χ0) is 13.9. The number of carbonyl (C=O) groups excluding carboxylic acids is 2. The monoisotopic (exact) mass is 268 g/mol. The maximum atomic E-state index is 12.6. The summed E-state index contributed by atoms with van der Waals surface area (Å²) in [6.45, 7) is 2.52. The highest BCUT2D eigenvalue weighted by atomic mass is 16.2. The standard InChI is InChI=1S/C13H24N4O2/c14-9-13(4-2-5-13)11(18)17-6-1-3-10(8-17)7-16-12(15)19/h10H,1-9,14H2,(H3,15,16,19). The Hall–Kier alpha value is -1.30. The van der Waals surface area contributed by atoms with Crippen molar-refractivity contribution in [2.75, 3.05) is 26.2 Å². The topological polar surface area (TPSA) is 101 Å². The zero-order valence-electron chi connectivity index (χ0n) is 11.4. The van der Waals surface area contributed by atoms with E-state index in [1.807, 2.05) is 4.90 Å². The van der Waals surface area contributed by atoms with Gasteiger partial charge >= 0.3 is 6.03 Å². The first-order valence-corrected chi connectivity index (χ1v) is 7.10. The fourth-order valence-corrected chi connectivity index (χ4v) is 3.11. The summed E-state index contributed by atoms with van der Waals surface area (Å²) in [6, 6.07) is -0.499. The molecule has 108 valence electrons. The van der Waals surface area contributed by atoms with Gasteiger partial charge in [0.2, 0.25) is 5.91 Å². The van der Waals surface area contributed by atoms with Gasteiger partial charge in [-0.25, -0.2) is 4.79 Å². The molecule has 0 aromatic rings. The lowest BCUT2D eigenvalue weighted by Crippen LogP contribution is -2.55. The lowest BCUT2D eigenvalue weighted by molar-refractivity contribution is -0.148. The Labute approximate surface area is 113 Å². The zero-order valence-corrected chi connectivity index (χ0v) is 11.4. The average molecular weight is 268 g/mol. The number of amides is 3. The molecule has 0 spiro atoms. The molecule has 0 radical (unpaired) electrons. The van der Waals surface area contributed by atoms with Gasteiger partial charge in [0.25, 0.3) is 0 Å². The molecule has 6 heteroatoms. The van der Waals surface area contributed by atoms with Gasteiger partial charge in [-0.15, -0.1) is 0 Å². The van der Waals surface area contributed by atoms with Crippen molar-refractivity contribution in [2.45, 2.75) is 32.1 Å². The van der Waals surface area contributed by atoms with Crippen molar-refractivity contribution in [3.8, 4) is 0 Å². The third kappa shape index (κ3) is 3.00. The van der Waals surface area contributed by atoms with Crippen LogP contribution in [0, 0.1) is 11.3 Å². The van der Waals surface area contributed by atoms with E-state index in [1.165, 1.54) is 0 Å². The average Bonchev–Trinajstić information content (AvgIpc) is 2.36. The number of nitrogens with zero attached hydrogens (tertiary/aromatic N) is 1. The van der Waals surface area contributed by atoms with E-state index >= 15 is 0 Å². The molecular weight excluding hydrogens is 244 g/mol. The van der Waals surface area contributed by atoms with Crippen LogP contribution in [0.3, 0.4) is 0 Å². The Morgan fingerprint density at radius 1 is 1.32 bits per heavy atom. The van der Waals surface area contributed by atoms with Crippen LogP contribution in [0.5, 0.6) is 0 Å². The van der Waals surface area contributed by atoms with E-state index in [9.17, 15) is 9.59 Å². The van der Waals surface area contributed by atoms with Crippen LogP contribution in [0.1, 0.15) is 32.1 Å². The van der Waals surface area contributed by atoms with E-state index < -0.39 is 6.03 Å². The van der Waals surface area contributed by atoms with E-state index in [4.69, 9.17) is 11.5 Å². The number of primary amides is 1. The molecule has 1 aliphatic carbocycles. The number of piperidine rings is 1. The van der Waals surface area contributed by atoms with Crippen molar-refractivity contribution < 1.29 is 9.59 Å². The fourth-order valence-electron chi connectivity index (χ4n) is 3.11. The van der Waals surface area contributed by atoms with Crippen molar-refractivity contribution in [3.05, 3.63) is 0 Å². The lowest BCUT2D eigenvalue weighted by Gasteiger charge is -2.45. The van der Waals surface area contributed by atoms with Crippen molar-refractivity contribution in [1.82, 2.24) is 10.2 Å². The van der Waals surface area contributed by atoms with Crippen molar-refractivity contribution >= 4 is 11.9 Å². The fraction of sp³-hybridized carbons (Fsp3) is 0.846. The Balaban J connectivity index is 1.89. The molecule has 2 rings (SSSR count). The molecule has 2 aliphatic rings. The first-order valence-electron chi connectivity index (χ1n) is 7.10. The van der Waals surface area contributed by atoms with Crippen LogP contribution in [0.4, 0.5) is 4.79 Å². The SMILES string of the molecule is NCC1(C(=O)N2CCCC(CNC(N)=O)C2)CCC1. The van der Waals surface area contributed by atoms with Crippen LogP contribution in [0.15, 0.2) is 0 Å². The Morgan fingerprint density at radius 3 is 2.58 bits per heavy atom. The third-order valence-electron chi connectivity index (χ3n) is 4.53. The summed E-state index contributed by atoms with van der Waals surface area (Å²) < 4.78 is 0. The number of rotatable bonds is 4. The van der Waals surface area contributed by atoms with Crippen LogP contribution in [0.25, 0.3) is 0 Å². The summed E-state index contributed by atoms with van der Waals surface area (Å²) in [6.07, 6.45) is 4.95. The molecular formula is C13H24N4O2. The Morgan fingerprint density at radius 2 is 2.05 bits per heavy atom. The maximum absolute atomic E-state index is 12.6. The maximum Gasteiger partial charge on any atom is 0.312 e. The highest BCUT2D eigenvalue weighted by Crippen LogP contribution is 2.42. The molecule has 1 aliphatic heterocycles. The van der Waals surface area contributed by atoms with Gasteiger partial charge in [-0.05, 0) is 31.6 Å². The van der Waals surface area contributed by atoms with E-state index in [-0.39, 0.29) is 11.3 Å². The quantitative estimate of drug-likeness (QED) is 0.670. The Bertz CT molecular complexity index is 349. The first-order chi connectivity index (χ1) is 9.07. The number of urea groups is 1. The van der Waals surface area contributed by atoms with Gasteiger partial charge in [0.15, 0.2) is 0 Å². The van der Waals surface area contributed by atoms with Gasteiger partial charge in [0.1, 0.15) is 0 Å². The normalized spacial score (nSPS) is 25.5. The predicted octanol–water partition coefficient (Wildman–Crippen LogP) is 0.0223. The molecule has 0 aromatic carbocycles. The largest absolute Gasteiger partial charge is 0.352 e. The highest BCUT2D eigenvalue weighted by Gasteiger charge is 2.45. The van der Waals surface area contributed by atoms with Crippen LogP contribution in [-0.4, -0.2) is 43.0 Å². The minimum Gasteiger partial charge on any atom is -0.352 e. The molecule has 19 heavy (non-hydrogen) atoms. The molecule has 3 amide bonds. The van der Waals surface area contributed by atoms with E-state index in [0.29, 0.717) is 25.6 Å². The second kappa shape index (κ2) is 5.77. The molecule has 1 saturated carbocycles. The van der Waals surface area contributed by atoms with Crippen LogP contribution in [0.2, 0.25) is 0 Å². The summed E-state index contributed by atoms with van der Waals surface area (Å²) in [5.74, 6) is 0.519. The second-order valence-electron chi connectivity index (χ2n) is 5.84. The summed E-state index contributed by atoms with van der Waals surface area (Å²) in [5.41, 5.74) is 10.6. The molecule has 1 heterocycles. The van der Waals surface area contributed by atoms with Gasteiger partial charge in [-0.2, -0.15) is 0 Å². The lowest BCUT2D eigenvalue weighted by atomic mass is 9.67. The van der Waals surface area contributed by atoms with Crippen molar-refractivity contribution in [3.63, 3.8) is 0 Å². The minimum absolute atomic E-state index is 0.213. The van der Waals surface area contributed by atoms with Crippen LogP contribution in [-0.2, 0) is 4.79 Å². The van der Waals surface area contributed by atoms with Gasteiger partial charge in [-0.3, -0.25) is 4.79 Å². The number of nitrogens with one attached hydrogen (secondary N) is 1. The Kier molecular flexibility index (Phi) is 4.29. The third-order valence-corrected chi connectivity index (χ3v) is 4.53. The highest BCUT2D eigenvalue weighted by molar-refractivity contribution is 5.84. The molecule has 5 N–H and O–H groups in total. The summed E-state index contributed by atoms with van der Waals surface area (Å²) in [7, 11) is 0.